The van der Waals surface area contributed by atoms with Crippen LogP contribution in [-0.4, -0.2) is 25.8 Å². The van der Waals surface area contributed by atoms with E-state index in [9.17, 15) is 8.42 Å². The lowest BCUT2D eigenvalue weighted by molar-refractivity contribution is 0.216. The number of hydrogen-bond acceptors (Lipinski definition) is 3. The fraction of sp³-hybridized carbons (Fsp3) is 0.714. The SMILES string of the molecule is Cc1oc(C)c(S(=O)(=O)N(C)C(C)C(C)(C)C)c1CCl. The minimum Gasteiger partial charge on any atom is -0.465 e. The molecule has 116 valence electrons. The maximum atomic E-state index is 12.8. The van der Waals surface area contributed by atoms with Gasteiger partial charge in [0.2, 0.25) is 10.0 Å². The van der Waals surface area contributed by atoms with Gasteiger partial charge in [-0.15, -0.1) is 11.6 Å². The van der Waals surface area contributed by atoms with Crippen LogP contribution in [0.15, 0.2) is 9.31 Å². The van der Waals surface area contributed by atoms with E-state index in [4.69, 9.17) is 16.0 Å². The molecule has 0 N–H and O–H groups in total. The monoisotopic (exact) mass is 321 g/mol. The van der Waals surface area contributed by atoms with E-state index >= 15 is 0 Å². The highest BCUT2D eigenvalue weighted by Crippen LogP contribution is 2.33. The third kappa shape index (κ3) is 3.05. The van der Waals surface area contributed by atoms with Crippen LogP contribution in [0.3, 0.4) is 0 Å². The van der Waals surface area contributed by atoms with Crippen LogP contribution in [0.25, 0.3) is 0 Å². The predicted octanol–water partition coefficient (Wildman–Crippen LogP) is 3.69. The van der Waals surface area contributed by atoms with Crippen LogP contribution >= 0.6 is 11.6 Å². The molecule has 0 fully saturated rings. The van der Waals surface area contributed by atoms with Gasteiger partial charge in [0, 0.05) is 18.7 Å². The van der Waals surface area contributed by atoms with Crippen molar-refractivity contribution < 1.29 is 12.8 Å². The second kappa shape index (κ2) is 5.70. The van der Waals surface area contributed by atoms with E-state index in [1.54, 1.807) is 20.9 Å². The summed E-state index contributed by atoms with van der Waals surface area (Å²) in [7, 11) is -2.02. The third-order valence-electron chi connectivity index (χ3n) is 3.89. The molecule has 0 aliphatic rings. The number of alkyl halides is 1. The standard InChI is InChI=1S/C14H24ClNO3S/c1-9-12(8-15)13(10(2)19-9)20(17,18)16(7)11(3)14(4,5)6/h11H,8H2,1-7H3. The molecule has 1 unspecified atom stereocenters. The Bertz CT molecular complexity index is 584. The number of sulfonamides is 1. The van der Waals surface area contributed by atoms with E-state index < -0.39 is 10.0 Å². The van der Waals surface area contributed by atoms with Crippen molar-refractivity contribution in [3.05, 3.63) is 17.1 Å². The van der Waals surface area contributed by atoms with Gasteiger partial charge in [0.25, 0.3) is 0 Å². The maximum absolute atomic E-state index is 12.8. The Morgan fingerprint density at radius 2 is 1.75 bits per heavy atom. The van der Waals surface area contributed by atoms with Crippen LogP contribution in [0.1, 0.15) is 44.8 Å². The quantitative estimate of drug-likeness (QED) is 0.795. The summed E-state index contributed by atoms with van der Waals surface area (Å²) in [4.78, 5) is 0.212. The molecule has 0 radical (unpaired) electrons. The molecule has 0 amide bonds. The minimum absolute atomic E-state index is 0.121. The second-order valence-corrected chi connectivity index (χ2v) is 8.42. The van der Waals surface area contributed by atoms with Crippen molar-refractivity contribution in [1.82, 2.24) is 4.31 Å². The Hall–Kier alpha value is -0.520. The molecule has 4 nitrogen and oxygen atoms in total. The fourth-order valence-electron chi connectivity index (χ4n) is 2.10. The summed E-state index contributed by atoms with van der Waals surface area (Å²) in [6.07, 6.45) is 0. The van der Waals surface area contributed by atoms with Crippen molar-refractivity contribution in [3.63, 3.8) is 0 Å². The van der Waals surface area contributed by atoms with E-state index in [2.05, 4.69) is 0 Å². The summed E-state index contributed by atoms with van der Waals surface area (Å²) in [6, 6.07) is -0.148. The van der Waals surface area contributed by atoms with Gasteiger partial charge in [0.05, 0.1) is 5.88 Å². The zero-order valence-corrected chi connectivity index (χ0v) is 14.8. The molecule has 0 saturated carbocycles. The first-order valence-electron chi connectivity index (χ1n) is 6.57. The van der Waals surface area contributed by atoms with Crippen molar-refractivity contribution in [1.29, 1.82) is 0 Å². The van der Waals surface area contributed by atoms with Crippen LogP contribution in [0, 0.1) is 19.3 Å². The number of rotatable bonds is 4. The minimum atomic E-state index is -3.62. The average Bonchev–Trinajstić information content (AvgIpc) is 2.60. The fourth-order valence-corrected chi connectivity index (χ4v) is 4.45. The number of furan rings is 1. The van der Waals surface area contributed by atoms with Crippen LogP contribution in [0.5, 0.6) is 0 Å². The van der Waals surface area contributed by atoms with Gasteiger partial charge in [-0.2, -0.15) is 4.31 Å². The highest BCUT2D eigenvalue weighted by molar-refractivity contribution is 7.89. The number of halogens is 1. The van der Waals surface area contributed by atoms with Crippen LogP contribution < -0.4 is 0 Å². The molecule has 1 aromatic heterocycles. The molecule has 1 rings (SSSR count). The first-order valence-corrected chi connectivity index (χ1v) is 8.55. The lowest BCUT2D eigenvalue weighted by Crippen LogP contribution is -2.43. The summed E-state index contributed by atoms with van der Waals surface area (Å²) in [5.74, 6) is 1.08. The van der Waals surface area contributed by atoms with Gasteiger partial charge < -0.3 is 4.42 Å². The molecule has 1 heterocycles. The van der Waals surface area contributed by atoms with E-state index in [0.29, 0.717) is 17.1 Å². The van der Waals surface area contributed by atoms with E-state index in [0.717, 1.165) is 0 Å². The Balaban J connectivity index is 3.38. The average molecular weight is 322 g/mol. The number of nitrogens with zero attached hydrogens (tertiary/aromatic N) is 1. The maximum Gasteiger partial charge on any atom is 0.246 e. The Morgan fingerprint density at radius 3 is 2.15 bits per heavy atom. The number of hydrogen-bond donors (Lipinski definition) is 0. The van der Waals surface area contributed by atoms with Gasteiger partial charge in [-0.3, -0.25) is 0 Å². The smallest absolute Gasteiger partial charge is 0.246 e. The van der Waals surface area contributed by atoms with E-state index in [1.807, 2.05) is 27.7 Å². The summed E-state index contributed by atoms with van der Waals surface area (Å²) >= 11 is 5.89. The predicted molar refractivity (Wildman–Crippen MR) is 81.6 cm³/mol. The van der Waals surface area contributed by atoms with Gasteiger partial charge in [-0.1, -0.05) is 20.8 Å². The molecule has 0 aromatic carbocycles. The van der Waals surface area contributed by atoms with Crippen LogP contribution in [0.4, 0.5) is 0 Å². The molecule has 0 spiro atoms. The molecule has 0 saturated heterocycles. The van der Waals surface area contributed by atoms with Gasteiger partial charge >= 0.3 is 0 Å². The first-order chi connectivity index (χ1) is 8.94. The lowest BCUT2D eigenvalue weighted by atomic mass is 9.88. The van der Waals surface area contributed by atoms with E-state index in [-0.39, 0.29) is 22.2 Å². The molecular weight excluding hydrogens is 298 g/mol. The molecule has 0 aliphatic heterocycles. The molecule has 6 heteroatoms. The highest BCUT2D eigenvalue weighted by Gasteiger charge is 2.36. The summed E-state index contributed by atoms with van der Waals surface area (Å²) in [5, 5.41) is 0. The molecule has 20 heavy (non-hydrogen) atoms. The van der Waals surface area contributed by atoms with Crippen molar-refractivity contribution in [2.75, 3.05) is 7.05 Å². The number of aryl methyl sites for hydroxylation is 2. The Labute approximate surface area is 127 Å². The van der Waals surface area contributed by atoms with Crippen molar-refractivity contribution in [2.24, 2.45) is 5.41 Å². The Kier molecular flexibility index (Phi) is 4.99. The lowest BCUT2D eigenvalue weighted by Gasteiger charge is -2.34. The van der Waals surface area contributed by atoms with Crippen LogP contribution in [-0.2, 0) is 15.9 Å². The van der Waals surface area contributed by atoms with Crippen LogP contribution in [0.2, 0.25) is 0 Å². The van der Waals surface area contributed by atoms with Crippen molar-refractivity contribution in [2.45, 2.75) is 58.4 Å². The van der Waals surface area contributed by atoms with Gasteiger partial charge in [0.15, 0.2) is 0 Å². The van der Waals surface area contributed by atoms with Crippen molar-refractivity contribution in [3.8, 4) is 0 Å². The summed E-state index contributed by atoms with van der Waals surface area (Å²) in [6.45, 7) is 11.3. The van der Waals surface area contributed by atoms with E-state index in [1.165, 1.54) is 4.31 Å². The zero-order chi connectivity index (χ0) is 15.9. The normalized spacial score (nSPS) is 14.8. The second-order valence-electron chi connectivity index (χ2n) is 6.22. The molecule has 0 aliphatic carbocycles. The molecule has 1 aromatic rings. The molecule has 1 atom stereocenters. The summed E-state index contributed by atoms with van der Waals surface area (Å²) < 4.78 is 32.5. The zero-order valence-electron chi connectivity index (χ0n) is 13.2. The third-order valence-corrected chi connectivity index (χ3v) is 6.29. The Morgan fingerprint density at radius 1 is 1.25 bits per heavy atom. The first kappa shape index (κ1) is 17.5. The largest absolute Gasteiger partial charge is 0.465 e. The van der Waals surface area contributed by atoms with Gasteiger partial charge in [-0.05, 0) is 26.2 Å². The van der Waals surface area contributed by atoms with Gasteiger partial charge in [-0.25, -0.2) is 8.42 Å². The van der Waals surface area contributed by atoms with Crippen molar-refractivity contribution >= 4 is 21.6 Å². The highest BCUT2D eigenvalue weighted by atomic mass is 35.5. The topological polar surface area (TPSA) is 50.5 Å². The van der Waals surface area contributed by atoms with Gasteiger partial charge in [0.1, 0.15) is 16.4 Å². The molecular formula is C14H24ClNO3S. The summed E-state index contributed by atoms with van der Waals surface area (Å²) in [5.41, 5.74) is 0.396. The molecule has 0 bridgehead atoms.